The molecule has 4 rings (SSSR count). The number of nitrogens with one attached hydrogen (secondary N) is 2. The van der Waals surface area contributed by atoms with Crippen molar-refractivity contribution in [3.8, 4) is 11.4 Å². The van der Waals surface area contributed by atoms with E-state index in [2.05, 4.69) is 25.4 Å². The summed E-state index contributed by atoms with van der Waals surface area (Å²) in [6.07, 6.45) is 8.00. The lowest BCUT2D eigenvalue weighted by molar-refractivity contribution is 0.0909. The van der Waals surface area contributed by atoms with E-state index >= 15 is 0 Å². The molecule has 0 radical (unpaired) electrons. The average molecular weight is 336 g/mol. The molecule has 0 saturated carbocycles. The molecule has 8 heteroatoms. The maximum Gasteiger partial charge on any atom is 0.316 e. The molecule has 0 spiro atoms. The molecule has 0 atom stereocenters. The van der Waals surface area contributed by atoms with E-state index in [-0.39, 0.29) is 11.8 Å². The van der Waals surface area contributed by atoms with E-state index in [0.29, 0.717) is 12.4 Å². The first kappa shape index (κ1) is 15.1. The Morgan fingerprint density at radius 2 is 2.28 bits per heavy atom. The first-order chi connectivity index (χ1) is 12.3. The molecular weight excluding hydrogens is 320 g/mol. The Hall–Kier alpha value is -3.42. The molecule has 0 aliphatic rings. The second kappa shape index (κ2) is 6.60. The van der Waals surface area contributed by atoms with Crippen molar-refractivity contribution in [1.29, 1.82) is 0 Å². The molecule has 0 aliphatic heterocycles. The minimum Gasteiger partial charge on any atom is -0.361 e. The van der Waals surface area contributed by atoms with E-state index in [1.165, 1.54) is 0 Å². The molecule has 0 aliphatic carbocycles. The van der Waals surface area contributed by atoms with Gasteiger partial charge in [0.15, 0.2) is 0 Å². The highest BCUT2D eigenvalue weighted by atomic mass is 16.5. The van der Waals surface area contributed by atoms with Crippen LogP contribution in [0.15, 0.2) is 53.7 Å². The number of aryl methyl sites for hydroxylation is 1. The smallest absolute Gasteiger partial charge is 0.316 e. The maximum atomic E-state index is 12.1. The largest absolute Gasteiger partial charge is 0.361 e. The SMILES string of the molecule is O=C(NCCCn1ccnc1)c1nc(-c2ccc3cc[nH]c3c2)no1. The third kappa shape index (κ3) is 3.27. The van der Waals surface area contributed by atoms with Crippen LogP contribution in [0.4, 0.5) is 0 Å². The zero-order chi connectivity index (χ0) is 17.1. The van der Waals surface area contributed by atoms with Crippen LogP contribution in [-0.4, -0.2) is 37.1 Å². The maximum absolute atomic E-state index is 12.1. The van der Waals surface area contributed by atoms with Crippen LogP contribution in [0.5, 0.6) is 0 Å². The van der Waals surface area contributed by atoms with Crippen molar-refractivity contribution in [3.05, 3.63) is 55.1 Å². The summed E-state index contributed by atoms with van der Waals surface area (Å²) < 4.78 is 7.03. The molecule has 3 aromatic heterocycles. The number of rotatable bonds is 6. The van der Waals surface area contributed by atoms with E-state index in [0.717, 1.165) is 29.4 Å². The van der Waals surface area contributed by atoms with Crippen LogP contribution in [0.3, 0.4) is 0 Å². The van der Waals surface area contributed by atoms with E-state index < -0.39 is 0 Å². The molecule has 1 amide bonds. The van der Waals surface area contributed by atoms with E-state index in [1.807, 2.05) is 41.2 Å². The number of carbonyl (C=O) groups is 1. The number of carbonyl (C=O) groups excluding carboxylic acids is 1. The number of amides is 1. The van der Waals surface area contributed by atoms with Crippen LogP contribution >= 0.6 is 0 Å². The highest BCUT2D eigenvalue weighted by Gasteiger charge is 2.16. The number of hydrogen-bond acceptors (Lipinski definition) is 5. The van der Waals surface area contributed by atoms with E-state index in [4.69, 9.17) is 4.52 Å². The molecule has 3 heterocycles. The lowest BCUT2D eigenvalue weighted by Gasteiger charge is -2.02. The Balaban J connectivity index is 1.37. The van der Waals surface area contributed by atoms with Crippen LogP contribution in [-0.2, 0) is 6.54 Å². The number of imidazole rings is 1. The van der Waals surface area contributed by atoms with Crippen molar-refractivity contribution in [3.63, 3.8) is 0 Å². The van der Waals surface area contributed by atoms with Crippen LogP contribution < -0.4 is 5.32 Å². The summed E-state index contributed by atoms with van der Waals surface area (Å²) in [5.74, 6) is -0.0189. The second-order valence-electron chi connectivity index (χ2n) is 5.61. The molecule has 8 nitrogen and oxygen atoms in total. The van der Waals surface area contributed by atoms with Gasteiger partial charge in [0, 0.05) is 42.8 Å². The fourth-order valence-corrected chi connectivity index (χ4v) is 2.58. The van der Waals surface area contributed by atoms with Gasteiger partial charge in [-0.2, -0.15) is 4.98 Å². The summed E-state index contributed by atoms with van der Waals surface area (Å²) in [7, 11) is 0. The monoisotopic (exact) mass is 336 g/mol. The Morgan fingerprint density at radius 3 is 3.16 bits per heavy atom. The van der Waals surface area contributed by atoms with Crippen LogP contribution in [0, 0.1) is 0 Å². The van der Waals surface area contributed by atoms with E-state index in [1.54, 1.807) is 12.5 Å². The van der Waals surface area contributed by atoms with Crippen molar-refractivity contribution in [1.82, 2.24) is 30.0 Å². The van der Waals surface area contributed by atoms with Gasteiger partial charge in [-0.05, 0) is 23.9 Å². The number of H-pyrrole nitrogens is 1. The number of fused-ring (bicyclic) bond motifs is 1. The van der Waals surface area contributed by atoms with Crippen molar-refractivity contribution >= 4 is 16.8 Å². The molecule has 1 aromatic carbocycles. The fourth-order valence-electron chi connectivity index (χ4n) is 2.58. The molecule has 126 valence electrons. The predicted molar refractivity (Wildman–Crippen MR) is 90.8 cm³/mol. The van der Waals surface area contributed by atoms with E-state index in [9.17, 15) is 4.79 Å². The molecule has 25 heavy (non-hydrogen) atoms. The topological polar surface area (TPSA) is 102 Å². The van der Waals surface area contributed by atoms with Crippen molar-refractivity contribution in [2.24, 2.45) is 0 Å². The standard InChI is InChI=1S/C17H16N6O2/c24-16(20-5-1-8-23-9-7-18-11-23)17-21-15(22-25-17)13-3-2-12-4-6-19-14(12)10-13/h2-4,6-7,9-11,19H,1,5,8H2,(H,20,24). The number of nitrogens with zero attached hydrogens (tertiary/aromatic N) is 4. The predicted octanol–water partition coefficient (Wildman–Crippen LogP) is 2.23. The van der Waals surface area contributed by atoms with Gasteiger partial charge in [0.1, 0.15) is 0 Å². The Bertz CT molecular complexity index is 986. The van der Waals surface area contributed by atoms with Gasteiger partial charge in [-0.1, -0.05) is 17.3 Å². The lowest BCUT2D eigenvalue weighted by Crippen LogP contribution is -2.25. The van der Waals surface area contributed by atoms with Gasteiger partial charge in [0.2, 0.25) is 5.82 Å². The quantitative estimate of drug-likeness (QED) is 0.526. The fraction of sp³-hybridized carbons (Fsp3) is 0.176. The van der Waals surface area contributed by atoms with Crippen molar-refractivity contribution in [2.75, 3.05) is 6.54 Å². The number of benzene rings is 1. The van der Waals surface area contributed by atoms with Gasteiger partial charge in [0.25, 0.3) is 0 Å². The highest BCUT2D eigenvalue weighted by Crippen LogP contribution is 2.21. The van der Waals surface area contributed by atoms with Crippen LogP contribution in [0.25, 0.3) is 22.3 Å². The zero-order valence-corrected chi connectivity index (χ0v) is 13.3. The molecular formula is C17H16N6O2. The van der Waals surface area contributed by atoms with Gasteiger partial charge in [-0.3, -0.25) is 4.79 Å². The summed E-state index contributed by atoms with van der Waals surface area (Å²) in [5.41, 5.74) is 1.77. The normalized spacial score (nSPS) is 11.0. The average Bonchev–Trinajstić information content (AvgIpc) is 3.39. The Labute approximate surface area is 142 Å². The molecule has 2 N–H and O–H groups in total. The van der Waals surface area contributed by atoms with Gasteiger partial charge in [-0.25, -0.2) is 4.98 Å². The van der Waals surface area contributed by atoms with Gasteiger partial charge >= 0.3 is 11.8 Å². The highest BCUT2D eigenvalue weighted by molar-refractivity contribution is 5.90. The number of aromatic nitrogens is 5. The number of aromatic amines is 1. The summed E-state index contributed by atoms with van der Waals surface area (Å²) in [5, 5.41) is 7.77. The second-order valence-corrected chi connectivity index (χ2v) is 5.61. The first-order valence-corrected chi connectivity index (χ1v) is 7.95. The van der Waals surface area contributed by atoms with Crippen molar-refractivity contribution < 1.29 is 9.32 Å². The molecule has 0 bridgehead atoms. The minimum absolute atomic E-state index is 0.0378. The summed E-state index contributed by atoms with van der Waals surface area (Å²) in [6.45, 7) is 1.30. The summed E-state index contributed by atoms with van der Waals surface area (Å²) in [4.78, 5) is 23.4. The van der Waals surface area contributed by atoms with Gasteiger partial charge in [0.05, 0.1) is 6.33 Å². The summed E-state index contributed by atoms with van der Waals surface area (Å²) >= 11 is 0. The van der Waals surface area contributed by atoms with Crippen LogP contribution in [0.1, 0.15) is 17.1 Å². The molecule has 4 aromatic rings. The molecule has 0 fully saturated rings. The number of hydrogen-bond donors (Lipinski definition) is 2. The summed E-state index contributed by atoms with van der Waals surface area (Å²) in [6, 6.07) is 7.77. The Kier molecular flexibility index (Phi) is 3.99. The lowest BCUT2D eigenvalue weighted by atomic mass is 10.1. The third-order valence-corrected chi connectivity index (χ3v) is 3.87. The molecule has 0 saturated heterocycles. The minimum atomic E-state index is -0.370. The Morgan fingerprint density at radius 1 is 1.32 bits per heavy atom. The molecule has 0 unspecified atom stereocenters. The first-order valence-electron chi connectivity index (χ1n) is 7.95. The van der Waals surface area contributed by atoms with Gasteiger partial charge in [-0.15, -0.1) is 0 Å². The van der Waals surface area contributed by atoms with Gasteiger partial charge < -0.3 is 19.4 Å². The van der Waals surface area contributed by atoms with Crippen LogP contribution in [0.2, 0.25) is 0 Å². The third-order valence-electron chi connectivity index (χ3n) is 3.87. The van der Waals surface area contributed by atoms with Crippen molar-refractivity contribution in [2.45, 2.75) is 13.0 Å². The zero-order valence-electron chi connectivity index (χ0n) is 13.3.